The zero-order chi connectivity index (χ0) is 20.8. The minimum Gasteiger partial charge on any atom is -0.493 e. The van der Waals surface area contributed by atoms with Gasteiger partial charge in [0.05, 0.1) is 13.7 Å². The number of nitrogens with one attached hydrogen (secondary N) is 1. The number of piperidine rings is 1. The lowest BCUT2D eigenvalue weighted by Gasteiger charge is -2.34. The second-order valence-electron chi connectivity index (χ2n) is 7.80. The largest absolute Gasteiger partial charge is 0.493 e. The number of amides is 1. The summed E-state index contributed by atoms with van der Waals surface area (Å²) in [6, 6.07) is 5.78. The van der Waals surface area contributed by atoms with Gasteiger partial charge < -0.3 is 19.7 Å². The molecule has 1 aromatic heterocycles. The van der Waals surface area contributed by atoms with Crippen LogP contribution < -0.4 is 14.8 Å². The molecule has 1 aliphatic rings. The molecule has 0 spiro atoms. The Balaban J connectivity index is 1.62. The van der Waals surface area contributed by atoms with E-state index in [1.165, 1.54) is 6.33 Å². The van der Waals surface area contributed by atoms with Crippen molar-refractivity contribution >= 4 is 5.91 Å². The van der Waals surface area contributed by atoms with Gasteiger partial charge in [-0.3, -0.25) is 9.48 Å². The third kappa shape index (κ3) is 5.69. The monoisotopic (exact) mass is 401 g/mol. The van der Waals surface area contributed by atoms with E-state index in [0.717, 1.165) is 25.9 Å². The number of nitrogens with zero attached hydrogens (tertiary/aromatic N) is 4. The molecule has 8 nitrogen and oxygen atoms in total. The lowest BCUT2D eigenvalue weighted by atomic mass is 10.1. The van der Waals surface area contributed by atoms with E-state index in [1.54, 1.807) is 36.3 Å². The minimum absolute atomic E-state index is 0.0870. The Labute approximate surface area is 172 Å². The van der Waals surface area contributed by atoms with Crippen LogP contribution in [0.2, 0.25) is 0 Å². The van der Waals surface area contributed by atoms with Crippen molar-refractivity contribution in [3.8, 4) is 11.5 Å². The van der Waals surface area contributed by atoms with E-state index >= 15 is 0 Å². The zero-order valence-corrected chi connectivity index (χ0v) is 17.7. The van der Waals surface area contributed by atoms with Gasteiger partial charge in [-0.2, -0.15) is 5.10 Å². The number of methoxy groups -OCH3 is 1. The number of hydrogen-bond donors (Lipinski definition) is 1. The summed E-state index contributed by atoms with van der Waals surface area (Å²) in [5.41, 5.74) is 0.547. The van der Waals surface area contributed by atoms with E-state index in [4.69, 9.17) is 9.47 Å². The summed E-state index contributed by atoms with van der Waals surface area (Å²) in [6.45, 7) is 8.96. The number of aromatic nitrogens is 3. The third-order valence-corrected chi connectivity index (χ3v) is 5.23. The molecule has 1 saturated heterocycles. The van der Waals surface area contributed by atoms with E-state index in [9.17, 15) is 4.79 Å². The SMILES string of the molecule is COc1ccc(C(=O)N[C@H](C)Cn2cncn2)cc1OC1CCN(C(C)C)CC1. The molecule has 2 heterocycles. The van der Waals surface area contributed by atoms with Crippen LogP contribution in [-0.4, -0.2) is 64.0 Å². The van der Waals surface area contributed by atoms with Crippen LogP contribution in [0.5, 0.6) is 11.5 Å². The molecule has 1 amide bonds. The average molecular weight is 402 g/mol. The van der Waals surface area contributed by atoms with Crippen molar-refractivity contribution in [1.82, 2.24) is 25.0 Å². The highest BCUT2D eigenvalue weighted by Gasteiger charge is 2.23. The van der Waals surface area contributed by atoms with Crippen molar-refractivity contribution in [1.29, 1.82) is 0 Å². The maximum atomic E-state index is 12.7. The van der Waals surface area contributed by atoms with Crippen molar-refractivity contribution in [2.45, 2.75) is 58.3 Å². The van der Waals surface area contributed by atoms with E-state index in [1.807, 2.05) is 6.92 Å². The highest BCUT2D eigenvalue weighted by atomic mass is 16.5. The fourth-order valence-corrected chi connectivity index (χ4v) is 3.56. The quantitative estimate of drug-likeness (QED) is 0.731. The molecule has 2 aromatic rings. The Morgan fingerprint density at radius 2 is 2.00 bits per heavy atom. The van der Waals surface area contributed by atoms with Crippen molar-refractivity contribution in [3.05, 3.63) is 36.4 Å². The molecular weight excluding hydrogens is 370 g/mol. The summed E-state index contributed by atoms with van der Waals surface area (Å²) in [7, 11) is 1.61. The predicted octanol–water partition coefficient (Wildman–Crippen LogP) is 2.36. The molecule has 0 aliphatic carbocycles. The van der Waals surface area contributed by atoms with Crippen molar-refractivity contribution in [2.24, 2.45) is 0 Å². The van der Waals surface area contributed by atoms with Gasteiger partial charge in [-0.1, -0.05) is 0 Å². The summed E-state index contributed by atoms with van der Waals surface area (Å²) in [4.78, 5) is 19.1. The highest BCUT2D eigenvalue weighted by molar-refractivity contribution is 5.95. The van der Waals surface area contributed by atoms with Gasteiger partial charge in [0, 0.05) is 30.7 Å². The fraction of sp³-hybridized carbons (Fsp3) is 0.571. The predicted molar refractivity (Wildman–Crippen MR) is 110 cm³/mol. The van der Waals surface area contributed by atoms with Crippen molar-refractivity contribution in [3.63, 3.8) is 0 Å². The van der Waals surface area contributed by atoms with Gasteiger partial charge >= 0.3 is 0 Å². The highest BCUT2D eigenvalue weighted by Crippen LogP contribution is 2.31. The van der Waals surface area contributed by atoms with Crippen LogP contribution in [0.15, 0.2) is 30.9 Å². The van der Waals surface area contributed by atoms with Crippen molar-refractivity contribution in [2.75, 3.05) is 20.2 Å². The van der Waals surface area contributed by atoms with Crippen LogP contribution in [0, 0.1) is 0 Å². The maximum Gasteiger partial charge on any atom is 0.251 e. The molecule has 1 fully saturated rings. The maximum absolute atomic E-state index is 12.7. The van der Waals surface area contributed by atoms with Crippen LogP contribution >= 0.6 is 0 Å². The Hall–Kier alpha value is -2.61. The van der Waals surface area contributed by atoms with Crippen LogP contribution in [-0.2, 0) is 6.54 Å². The first-order chi connectivity index (χ1) is 14.0. The molecule has 1 aromatic carbocycles. The zero-order valence-electron chi connectivity index (χ0n) is 17.7. The van der Waals surface area contributed by atoms with Gasteiger partial charge in [0.2, 0.25) is 0 Å². The molecule has 8 heteroatoms. The number of carbonyl (C=O) groups is 1. The second-order valence-corrected chi connectivity index (χ2v) is 7.80. The average Bonchev–Trinajstić information content (AvgIpc) is 3.21. The first kappa shape index (κ1) is 21.1. The molecule has 29 heavy (non-hydrogen) atoms. The molecule has 0 bridgehead atoms. The normalized spacial score (nSPS) is 16.6. The number of carbonyl (C=O) groups excluding carboxylic acids is 1. The number of likely N-dealkylation sites (tertiary alicyclic amines) is 1. The smallest absolute Gasteiger partial charge is 0.251 e. The Kier molecular flexibility index (Phi) is 7.09. The van der Waals surface area contributed by atoms with E-state index in [-0.39, 0.29) is 18.1 Å². The molecule has 0 saturated carbocycles. The van der Waals surface area contributed by atoms with Gasteiger partial charge in [-0.25, -0.2) is 4.98 Å². The van der Waals surface area contributed by atoms with Crippen LogP contribution in [0.1, 0.15) is 44.0 Å². The number of ether oxygens (including phenoxy) is 2. The Morgan fingerprint density at radius 1 is 1.24 bits per heavy atom. The van der Waals surface area contributed by atoms with Crippen molar-refractivity contribution < 1.29 is 14.3 Å². The molecule has 1 aliphatic heterocycles. The molecule has 0 radical (unpaired) electrons. The minimum atomic E-state index is -0.153. The lowest BCUT2D eigenvalue weighted by Crippen LogP contribution is -2.41. The first-order valence-electron chi connectivity index (χ1n) is 10.2. The summed E-state index contributed by atoms with van der Waals surface area (Å²) in [5.74, 6) is 1.11. The summed E-state index contributed by atoms with van der Waals surface area (Å²) in [5, 5.41) is 7.06. The molecule has 158 valence electrons. The lowest BCUT2D eigenvalue weighted by molar-refractivity contribution is 0.0818. The molecule has 0 unspecified atom stereocenters. The van der Waals surface area contributed by atoms with Gasteiger partial charge in [-0.15, -0.1) is 0 Å². The number of hydrogen-bond acceptors (Lipinski definition) is 6. The number of benzene rings is 1. The van der Waals surface area contributed by atoms with Crippen LogP contribution in [0.4, 0.5) is 0 Å². The standard InChI is InChI=1S/C21H31N5O3/c1-15(2)25-9-7-18(8-10-25)29-20-11-17(5-6-19(20)28-4)21(27)24-16(3)12-26-14-22-13-23-26/h5-6,11,13-16,18H,7-10,12H2,1-4H3,(H,24,27)/t16-/m1/s1. The van der Waals surface area contributed by atoms with Gasteiger partial charge in [-0.05, 0) is 51.8 Å². The number of rotatable bonds is 8. The van der Waals surface area contributed by atoms with Gasteiger partial charge in [0.1, 0.15) is 18.8 Å². The Bertz CT molecular complexity index is 786. The van der Waals surface area contributed by atoms with Gasteiger partial charge in [0.15, 0.2) is 11.5 Å². The fourth-order valence-electron chi connectivity index (χ4n) is 3.56. The summed E-state index contributed by atoms with van der Waals surface area (Å²) >= 11 is 0. The summed E-state index contributed by atoms with van der Waals surface area (Å²) in [6.07, 6.45) is 5.17. The first-order valence-corrected chi connectivity index (χ1v) is 10.2. The van der Waals surface area contributed by atoms with E-state index in [2.05, 4.69) is 34.1 Å². The third-order valence-electron chi connectivity index (χ3n) is 5.23. The van der Waals surface area contributed by atoms with Gasteiger partial charge in [0.25, 0.3) is 5.91 Å². The van der Waals surface area contributed by atoms with Crippen LogP contribution in [0.3, 0.4) is 0 Å². The molecular formula is C21H31N5O3. The van der Waals surface area contributed by atoms with Crippen LogP contribution in [0.25, 0.3) is 0 Å². The van der Waals surface area contributed by atoms with E-state index in [0.29, 0.717) is 29.6 Å². The summed E-state index contributed by atoms with van der Waals surface area (Å²) < 4.78 is 13.4. The molecule has 1 atom stereocenters. The Morgan fingerprint density at radius 3 is 2.62 bits per heavy atom. The molecule has 3 rings (SSSR count). The van der Waals surface area contributed by atoms with E-state index < -0.39 is 0 Å². The topological polar surface area (TPSA) is 81.5 Å². The molecule has 1 N–H and O–H groups in total. The second kappa shape index (κ2) is 9.73.